The number of aliphatic imine (C=N–C) groups is 2. The smallest absolute Gasteiger partial charge is 0.432 e. The predicted molar refractivity (Wildman–Crippen MR) is 225 cm³/mol. The lowest BCUT2D eigenvalue weighted by atomic mass is 9.81. The number of aromatic amines is 2. The van der Waals surface area contributed by atoms with E-state index in [0.29, 0.717) is 13.1 Å². The van der Waals surface area contributed by atoms with Gasteiger partial charge in [-0.3, -0.25) is 9.59 Å². The number of hydrogen-bond acceptors (Lipinski definition) is 8. The van der Waals surface area contributed by atoms with Gasteiger partial charge >= 0.3 is 12.2 Å². The maximum absolute atomic E-state index is 13.8. The molecule has 4 aromatic rings. The normalized spacial score (nSPS) is 19.5. The van der Waals surface area contributed by atoms with Crippen LogP contribution in [0.4, 0.5) is 9.59 Å². The predicted octanol–water partition coefficient (Wildman–Crippen LogP) is 8.32. The van der Waals surface area contributed by atoms with E-state index >= 15 is 0 Å². The Hall–Kier alpha value is -5.92. The Kier molecular flexibility index (Phi) is 11.7. The van der Waals surface area contributed by atoms with Gasteiger partial charge in [0.1, 0.15) is 11.6 Å². The summed E-state index contributed by atoms with van der Waals surface area (Å²) in [5, 5.41) is 0. The van der Waals surface area contributed by atoms with Crippen LogP contribution in [0, 0.1) is 23.7 Å². The van der Waals surface area contributed by atoms with Crippen LogP contribution in [0.3, 0.4) is 0 Å². The first-order valence-electron chi connectivity index (χ1n) is 20.5. The molecule has 0 saturated carbocycles. The molecule has 4 heterocycles. The zero-order valence-corrected chi connectivity index (χ0v) is 35.1. The molecule has 1 aliphatic carbocycles. The number of aromatic nitrogens is 4. The van der Waals surface area contributed by atoms with Crippen molar-refractivity contribution in [3.63, 3.8) is 0 Å². The summed E-state index contributed by atoms with van der Waals surface area (Å²) in [4.78, 5) is 78.9. The molecule has 2 unspecified atom stereocenters. The van der Waals surface area contributed by atoms with E-state index < -0.39 is 24.0 Å². The van der Waals surface area contributed by atoms with E-state index in [0.717, 1.165) is 59.8 Å². The highest BCUT2D eigenvalue weighted by molar-refractivity contribution is 5.97. The van der Waals surface area contributed by atoms with Gasteiger partial charge < -0.3 is 29.2 Å². The number of rotatable bonds is 10. The zero-order chi connectivity index (χ0) is 42.2. The molecular weight excluding hydrogens is 749 g/mol. The number of likely N-dealkylation sites (tertiary alicyclic amines) is 2. The molecule has 14 nitrogen and oxygen atoms in total. The molecular formula is C45H54N8O6. The Balaban J connectivity index is 1.09. The Bertz CT molecular complexity index is 2150. The summed E-state index contributed by atoms with van der Waals surface area (Å²) in [7, 11) is 2.53. The quantitative estimate of drug-likeness (QED) is 0.151. The second-order valence-corrected chi connectivity index (χ2v) is 16.9. The van der Waals surface area contributed by atoms with Crippen molar-refractivity contribution in [3.05, 3.63) is 71.6 Å². The largest absolute Gasteiger partial charge is 0.451 e. The molecule has 2 aromatic carbocycles. The molecule has 3 aliphatic rings. The lowest BCUT2D eigenvalue weighted by molar-refractivity contribution is -0.136. The molecule has 2 fully saturated rings. The number of methoxy groups -OCH3 is 2. The number of amides is 4. The van der Waals surface area contributed by atoms with Crippen molar-refractivity contribution in [2.24, 2.45) is 33.7 Å². The second kappa shape index (κ2) is 16.7. The van der Waals surface area contributed by atoms with Crippen molar-refractivity contribution in [3.8, 4) is 33.6 Å². The first-order chi connectivity index (χ1) is 28.2. The maximum Gasteiger partial charge on any atom is 0.432 e. The Morgan fingerprint density at radius 3 is 1.49 bits per heavy atom. The van der Waals surface area contributed by atoms with Gasteiger partial charge in [-0.2, -0.15) is 9.98 Å². The summed E-state index contributed by atoms with van der Waals surface area (Å²) in [5.41, 5.74) is 8.25. The minimum absolute atomic E-state index is 0.0534. The number of fused-ring (bicyclic) bond motifs is 3. The first-order valence-corrected chi connectivity index (χ1v) is 20.5. The van der Waals surface area contributed by atoms with Gasteiger partial charge in [0.25, 0.3) is 0 Å². The summed E-state index contributed by atoms with van der Waals surface area (Å²) in [6.45, 7) is 13.5. The minimum atomic E-state index is -0.727. The van der Waals surface area contributed by atoms with Crippen LogP contribution in [0.5, 0.6) is 0 Å². The SMILES string of the molecule is COC(=O)N=CC(C(=O)N1CCC[C@H]1c1ncc(-c2ccc3c(c2)C(C)(C)c2cc(-c4cnc([C@@H]5CCCN5C(=O)C(C=NC(=O)OC)C(C)C)[nH]4)ccc2-3)[nH]1)C(C)C. The zero-order valence-electron chi connectivity index (χ0n) is 35.1. The molecule has 2 aromatic heterocycles. The number of carbonyl (C=O) groups excluding carboxylic acids is 4. The fourth-order valence-electron chi connectivity index (χ4n) is 8.82. The lowest BCUT2D eigenvalue weighted by Crippen LogP contribution is -2.39. The van der Waals surface area contributed by atoms with Crippen LogP contribution in [0.1, 0.15) is 102 Å². The second-order valence-electron chi connectivity index (χ2n) is 16.9. The van der Waals surface area contributed by atoms with E-state index in [1.165, 1.54) is 48.9 Å². The number of benzene rings is 2. The Labute approximate surface area is 344 Å². The summed E-state index contributed by atoms with van der Waals surface area (Å²) in [6.07, 6.45) is 8.33. The molecule has 7 rings (SSSR count). The van der Waals surface area contributed by atoms with E-state index in [4.69, 9.17) is 9.97 Å². The van der Waals surface area contributed by atoms with Gasteiger partial charge in [0, 0.05) is 30.9 Å². The standard InChI is InChI=1S/C45H54N8O6/c1-25(2)31(21-48-43(56)58-7)41(54)52-17-9-11-37(52)39-46-23-35(50-39)27-13-15-29-30-16-14-28(20-34(30)45(5,6)33(29)19-27)36-24-47-40(51-36)38-12-10-18-53(38)42(55)32(26(3)4)22-49-44(57)59-8/h13-16,19-26,31-32,37-38H,9-12,17-18H2,1-8H3,(H,46,50)(H,47,51)/t31?,32?,37-,38-/m0/s1. The van der Waals surface area contributed by atoms with E-state index in [1.807, 2.05) is 49.9 Å². The van der Waals surface area contributed by atoms with Gasteiger partial charge in [0.2, 0.25) is 11.8 Å². The molecule has 310 valence electrons. The summed E-state index contributed by atoms with van der Waals surface area (Å²) < 4.78 is 9.30. The van der Waals surface area contributed by atoms with Crippen LogP contribution in [-0.2, 0) is 24.5 Å². The number of imidazole rings is 2. The molecule has 59 heavy (non-hydrogen) atoms. The highest BCUT2D eigenvalue weighted by atomic mass is 16.5. The van der Waals surface area contributed by atoms with Crippen LogP contribution in [0.25, 0.3) is 33.6 Å². The van der Waals surface area contributed by atoms with Crippen molar-refractivity contribution >= 4 is 36.4 Å². The average Bonchev–Trinajstić information content (AvgIpc) is 4.07. The number of hydrogen-bond donors (Lipinski definition) is 2. The van der Waals surface area contributed by atoms with Crippen molar-refractivity contribution in [1.29, 1.82) is 0 Å². The van der Waals surface area contributed by atoms with Crippen LogP contribution >= 0.6 is 0 Å². The average molecular weight is 803 g/mol. The Morgan fingerprint density at radius 2 is 1.12 bits per heavy atom. The highest BCUT2D eigenvalue weighted by Gasteiger charge is 2.39. The molecule has 14 heteroatoms. The number of carbonyl (C=O) groups is 4. The molecule has 2 N–H and O–H groups in total. The van der Waals surface area contributed by atoms with Crippen LogP contribution < -0.4 is 0 Å². The molecule has 4 amide bonds. The number of nitrogens with one attached hydrogen (secondary N) is 2. The summed E-state index contributed by atoms with van der Waals surface area (Å²) >= 11 is 0. The van der Waals surface area contributed by atoms with Gasteiger partial charge in [-0.15, -0.1) is 0 Å². The third-order valence-electron chi connectivity index (χ3n) is 12.2. The van der Waals surface area contributed by atoms with E-state index in [9.17, 15) is 19.2 Å². The molecule has 0 bridgehead atoms. The summed E-state index contributed by atoms with van der Waals surface area (Å²) in [5.74, 6) is 0.0998. The van der Waals surface area contributed by atoms with Crippen LogP contribution in [0.2, 0.25) is 0 Å². The van der Waals surface area contributed by atoms with Crippen LogP contribution in [-0.4, -0.2) is 93.5 Å². The third-order valence-corrected chi connectivity index (χ3v) is 12.2. The highest BCUT2D eigenvalue weighted by Crippen LogP contribution is 2.50. The first kappa shape index (κ1) is 41.2. The fraction of sp³-hybridized carbons (Fsp3) is 0.467. The lowest BCUT2D eigenvalue weighted by Gasteiger charge is -2.28. The maximum atomic E-state index is 13.8. The monoisotopic (exact) mass is 802 g/mol. The minimum Gasteiger partial charge on any atom is -0.451 e. The van der Waals surface area contributed by atoms with Gasteiger partial charge in [-0.05, 0) is 83.0 Å². The van der Waals surface area contributed by atoms with Gasteiger partial charge in [0.05, 0.1) is 61.9 Å². The molecule has 4 atom stereocenters. The summed E-state index contributed by atoms with van der Waals surface area (Å²) in [6, 6.07) is 12.7. The van der Waals surface area contributed by atoms with E-state index in [-0.39, 0.29) is 41.1 Å². The van der Waals surface area contributed by atoms with Gasteiger partial charge in [-0.25, -0.2) is 19.6 Å². The number of H-pyrrole nitrogens is 2. The number of ether oxygens (including phenoxy) is 2. The topological polar surface area (TPSA) is 175 Å². The van der Waals surface area contributed by atoms with Crippen molar-refractivity contribution in [2.45, 2.75) is 84.7 Å². The van der Waals surface area contributed by atoms with Crippen LogP contribution in [0.15, 0.2) is 58.8 Å². The van der Waals surface area contributed by atoms with Crippen molar-refractivity contribution < 1.29 is 28.7 Å². The molecule has 2 saturated heterocycles. The molecule has 0 spiro atoms. The van der Waals surface area contributed by atoms with Crippen molar-refractivity contribution in [1.82, 2.24) is 29.7 Å². The van der Waals surface area contributed by atoms with Gasteiger partial charge in [0.15, 0.2) is 0 Å². The fourth-order valence-corrected chi connectivity index (χ4v) is 8.82. The number of nitrogens with zero attached hydrogens (tertiary/aromatic N) is 6. The van der Waals surface area contributed by atoms with Crippen molar-refractivity contribution in [2.75, 3.05) is 27.3 Å². The van der Waals surface area contributed by atoms with Gasteiger partial charge in [-0.1, -0.05) is 65.8 Å². The van der Waals surface area contributed by atoms with E-state index in [1.54, 1.807) is 0 Å². The third kappa shape index (κ3) is 7.96. The molecule has 2 aliphatic heterocycles. The molecule has 0 radical (unpaired) electrons. The van der Waals surface area contributed by atoms with E-state index in [2.05, 4.69) is 79.7 Å². The Morgan fingerprint density at radius 1 is 0.712 bits per heavy atom.